The molecule has 2 atom stereocenters. The van der Waals surface area contributed by atoms with Crippen molar-refractivity contribution in [2.24, 2.45) is 5.92 Å². The number of carboxylic acid groups (broad SMARTS) is 1. The van der Waals surface area contributed by atoms with E-state index in [0.717, 1.165) is 42.0 Å². The third-order valence-electron chi connectivity index (χ3n) is 9.10. The fourth-order valence-corrected chi connectivity index (χ4v) is 7.86. The van der Waals surface area contributed by atoms with Crippen LogP contribution in [0.4, 0.5) is 0 Å². The Hall–Kier alpha value is -4.07. The van der Waals surface area contributed by atoms with Gasteiger partial charge in [0.15, 0.2) is 11.5 Å². The number of ether oxygens (including phenoxy) is 4. The lowest BCUT2D eigenvalue weighted by Gasteiger charge is -2.29. The molecule has 5 rings (SSSR count). The molecule has 51 heavy (non-hydrogen) atoms. The highest BCUT2D eigenvalue weighted by molar-refractivity contribution is 7.14. The first kappa shape index (κ1) is 38.2. The van der Waals surface area contributed by atoms with E-state index in [1.54, 1.807) is 43.5 Å². The highest BCUT2D eigenvalue weighted by Crippen LogP contribution is 2.41. The molecule has 4 aromatic rings. The van der Waals surface area contributed by atoms with Crippen LogP contribution in [0.3, 0.4) is 0 Å². The number of carboxylic acids is 1. The first-order valence-corrected chi connectivity index (χ1v) is 17.9. The highest BCUT2D eigenvalue weighted by Gasteiger charge is 2.29. The van der Waals surface area contributed by atoms with Crippen molar-refractivity contribution in [1.29, 1.82) is 0 Å². The molecule has 0 aliphatic carbocycles. The zero-order valence-electron chi connectivity index (χ0n) is 28.8. The number of aromatic nitrogens is 1. The van der Waals surface area contributed by atoms with E-state index >= 15 is 0 Å². The van der Waals surface area contributed by atoms with E-state index in [4.69, 9.17) is 42.1 Å². The number of carbonyl (C=O) groups excluding carboxylic acids is 2. The minimum absolute atomic E-state index is 0.00903. The number of nitrogens with zero attached hydrogens (tertiary/aromatic N) is 2. The normalized spacial score (nSPS) is 14.9. The first-order valence-electron chi connectivity index (χ1n) is 16.4. The summed E-state index contributed by atoms with van der Waals surface area (Å²) in [7, 11) is 6.68. The van der Waals surface area contributed by atoms with Crippen LogP contribution in [-0.2, 0) is 22.5 Å². The second kappa shape index (κ2) is 17.4. The summed E-state index contributed by atoms with van der Waals surface area (Å²) >= 11 is 14.1. The quantitative estimate of drug-likeness (QED) is 0.0964. The average Bonchev–Trinajstić information content (AvgIpc) is 3.55. The van der Waals surface area contributed by atoms with E-state index < -0.39 is 23.9 Å². The second-order valence-electron chi connectivity index (χ2n) is 12.4. The van der Waals surface area contributed by atoms with Crippen molar-refractivity contribution >= 4 is 46.5 Å². The SMILES string of the molecule is COc1cccc(C(NCc2cc([C@@H](Cc3c(Cl)c[n+](O)cc3Cl)c3ccc(OC)c(OC)c3)c(C(=O)[O-])s2)C(=O)OCC2CCN(C)CC2)c1. The molecule has 1 aliphatic rings. The molecule has 14 heteroatoms. The minimum atomic E-state index is -1.35. The van der Waals surface area contributed by atoms with Crippen LogP contribution >= 0.6 is 34.5 Å². The molecular formula is C37H41Cl2N3O8S. The molecule has 0 amide bonds. The highest BCUT2D eigenvalue weighted by atomic mass is 35.5. The van der Waals surface area contributed by atoms with E-state index in [1.165, 1.54) is 26.6 Å². The molecule has 2 N–H and O–H groups in total. The van der Waals surface area contributed by atoms with Gasteiger partial charge in [-0.3, -0.25) is 10.5 Å². The molecule has 0 spiro atoms. The summed E-state index contributed by atoms with van der Waals surface area (Å²) in [5.41, 5.74) is 2.31. The number of methoxy groups -OCH3 is 3. The van der Waals surface area contributed by atoms with E-state index in [2.05, 4.69) is 17.3 Å². The molecule has 2 aromatic carbocycles. The third kappa shape index (κ3) is 9.43. The Kier molecular flexibility index (Phi) is 13.0. The molecular weight excluding hydrogens is 717 g/mol. The Morgan fingerprint density at radius 2 is 1.71 bits per heavy atom. The molecule has 3 heterocycles. The van der Waals surface area contributed by atoms with Gasteiger partial charge >= 0.3 is 5.97 Å². The van der Waals surface area contributed by atoms with Crippen molar-refractivity contribution in [1.82, 2.24) is 10.2 Å². The molecule has 1 fully saturated rings. The summed E-state index contributed by atoms with van der Waals surface area (Å²) in [5, 5.41) is 26.4. The summed E-state index contributed by atoms with van der Waals surface area (Å²) in [6, 6.07) is 13.5. The zero-order chi connectivity index (χ0) is 36.7. The monoisotopic (exact) mass is 757 g/mol. The molecule has 0 saturated carbocycles. The van der Waals surface area contributed by atoms with Crippen LogP contribution in [0.1, 0.15) is 61.6 Å². The Morgan fingerprint density at radius 3 is 2.35 bits per heavy atom. The Bertz CT molecular complexity index is 1820. The smallest absolute Gasteiger partial charge is 0.327 e. The lowest BCUT2D eigenvalue weighted by Crippen LogP contribution is -2.34. The van der Waals surface area contributed by atoms with Gasteiger partial charge in [0, 0.05) is 27.6 Å². The Balaban J connectivity index is 1.48. The maximum Gasteiger partial charge on any atom is 0.327 e. The number of pyridine rings is 1. The topological polar surface area (TPSA) is 134 Å². The van der Waals surface area contributed by atoms with Crippen LogP contribution in [0.25, 0.3) is 0 Å². The van der Waals surface area contributed by atoms with Crippen molar-refractivity contribution < 1.29 is 43.6 Å². The number of piperidine rings is 1. The molecule has 272 valence electrons. The fourth-order valence-electron chi connectivity index (χ4n) is 6.25. The second-order valence-corrected chi connectivity index (χ2v) is 14.4. The van der Waals surface area contributed by atoms with Gasteiger partial charge in [0.2, 0.25) is 12.4 Å². The van der Waals surface area contributed by atoms with E-state index in [-0.39, 0.29) is 33.8 Å². The number of likely N-dealkylation sites (tertiary alicyclic amines) is 1. The van der Waals surface area contributed by atoms with Crippen molar-refractivity contribution in [3.8, 4) is 17.2 Å². The molecule has 0 bridgehead atoms. The molecule has 1 aliphatic heterocycles. The van der Waals surface area contributed by atoms with Gasteiger partial charge in [-0.15, -0.1) is 11.3 Å². The number of halogens is 2. The number of aromatic carboxylic acids is 1. The standard InChI is InChI=1S/C37H41Cl2N3O8S/c1-41-12-10-22(11-13-41)21-50-37(45)34(24-6-5-7-25(14-24)47-2)40-18-26-16-28(35(51-26)36(43)44)27(17-29-30(38)19-42(46)20-31(29)39)23-8-9-32(48-3)33(15-23)49-4/h5-9,14-16,19-20,22,27,34,40H,10-13,17-18,21H2,1-4H3,(H-,43,44,46)/t27-,34?/m0/s1. The number of hydrogen-bond donors (Lipinski definition) is 2. The summed E-state index contributed by atoms with van der Waals surface area (Å²) in [4.78, 5) is 29.2. The van der Waals surface area contributed by atoms with Crippen molar-refractivity contribution in [3.63, 3.8) is 0 Å². The maximum atomic E-state index is 13.6. The molecule has 2 aromatic heterocycles. The minimum Gasteiger partial charge on any atom is -0.544 e. The van der Waals surface area contributed by atoms with Gasteiger partial charge in [0.05, 0.1) is 38.8 Å². The predicted octanol–water partition coefficient (Wildman–Crippen LogP) is 5.06. The molecule has 11 nitrogen and oxygen atoms in total. The number of hydrogen-bond acceptors (Lipinski definition) is 11. The first-order chi connectivity index (χ1) is 24.5. The summed E-state index contributed by atoms with van der Waals surface area (Å²) < 4.78 is 23.1. The van der Waals surface area contributed by atoms with Crippen LogP contribution in [-0.4, -0.2) is 70.1 Å². The number of nitrogens with one attached hydrogen (secondary N) is 1. The molecule has 1 saturated heterocycles. The maximum absolute atomic E-state index is 13.6. The summed E-state index contributed by atoms with van der Waals surface area (Å²) in [6.07, 6.45) is 4.69. The summed E-state index contributed by atoms with van der Waals surface area (Å²) in [6.45, 7) is 2.37. The number of esters is 1. The zero-order valence-corrected chi connectivity index (χ0v) is 31.1. The van der Waals surface area contributed by atoms with Crippen LogP contribution in [0.2, 0.25) is 10.0 Å². The lowest BCUT2D eigenvalue weighted by molar-refractivity contribution is -0.904. The number of rotatable bonds is 15. The summed E-state index contributed by atoms with van der Waals surface area (Å²) in [5.74, 6) is -0.568. The van der Waals surface area contributed by atoms with Gasteiger partial charge in [-0.2, -0.15) is 0 Å². The number of carbonyl (C=O) groups is 2. The van der Waals surface area contributed by atoms with Crippen LogP contribution in [0.5, 0.6) is 17.2 Å². The van der Waals surface area contributed by atoms with Crippen molar-refractivity contribution in [2.45, 2.75) is 37.8 Å². The van der Waals surface area contributed by atoms with E-state index in [1.807, 2.05) is 12.1 Å². The Labute approximate surface area is 311 Å². The van der Waals surface area contributed by atoms with Crippen LogP contribution in [0.15, 0.2) is 60.9 Å². The number of benzene rings is 2. The fraction of sp³-hybridized carbons (Fsp3) is 0.378. The number of thiophene rings is 1. The van der Waals surface area contributed by atoms with Gasteiger partial charge in [0.1, 0.15) is 21.8 Å². The van der Waals surface area contributed by atoms with Crippen molar-refractivity contribution in [2.75, 3.05) is 48.1 Å². The van der Waals surface area contributed by atoms with E-state index in [9.17, 15) is 19.9 Å². The van der Waals surface area contributed by atoms with Crippen molar-refractivity contribution in [3.05, 3.63) is 103 Å². The third-order valence-corrected chi connectivity index (χ3v) is 10.9. The van der Waals surface area contributed by atoms with Gasteiger partial charge in [0.25, 0.3) is 0 Å². The average molecular weight is 759 g/mol. The molecule has 0 radical (unpaired) electrons. The van der Waals surface area contributed by atoms with Gasteiger partial charge in [-0.05, 0) is 92.3 Å². The molecule has 1 unspecified atom stereocenters. The van der Waals surface area contributed by atoms with Crippen LogP contribution in [0, 0.1) is 5.92 Å². The van der Waals surface area contributed by atoms with E-state index in [0.29, 0.717) is 51.0 Å². The van der Waals surface area contributed by atoms with Gasteiger partial charge in [-0.1, -0.05) is 41.4 Å². The Morgan fingerprint density at radius 1 is 1.00 bits per heavy atom. The lowest BCUT2D eigenvalue weighted by atomic mass is 9.85. The van der Waals surface area contributed by atoms with Gasteiger partial charge < -0.3 is 33.7 Å². The predicted molar refractivity (Wildman–Crippen MR) is 191 cm³/mol. The van der Waals surface area contributed by atoms with Crippen LogP contribution < -0.4 is 29.4 Å². The van der Waals surface area contributed by atoms with Gasteiger partial charge in [-0.25, -0.2) is 4.79 Å². The largest absolute Gasteiger partial charge is 0.544 e.